The Hall–Kier alpha value is -1.32. The Morgan fingerprint density at radius 3 is 2.00 bits per heavy atom. The molecule has 0 saturated carbocycles. The first kappa shape index (κ1) is 7.68. The second-order valence-electron chi connectivity index (χ2n) is 1.41. The molecule has 0 spiro atoms. The van der Waals surface area contributed by atoms with E-state index in [0.29, 0.717) is 0 Å². The molecule has 0 radical (unpaired) electrons. The van der Waals surface area contributed by atoms with Gasteiger partial charge in [0.25, 0.3) is 0 Å². The van der Waals surface area contributed by atoms with Gasteiger partial charge in [0.2, 0.25) is 11.5 Å². The van der Waals surface area contributed by atoms with Crippen LogP contribution in [0.1, 0.15) is 6.92 Å². The summed E-state index contributed by atoms with van der Waals surface area (Å²) in [4.78, 5) is 19.7. The fraction of sp³-hybridized carbons (Fsp3) is 0.200. The van der Waals surface area contributed by atoms with Gasteiger partial charge in [-0.25, -0.2) is 0 Å². The monoisotopic (exact) mass is 130 g/mol. The number of carbonyl (C=O) groups excluding carboxylic acids is 2. The van der Waals surface area contributed by atoms with Crippen LogP contribution in [0.5, 0.6) is 0 Å². The largest absolute Gasteiger partial charge is 0.502 e. The van der Waals surface area contributed by atoms with Crippen LogP contribution >= 0.6 is 0 Å². The van der Waals surface area contributed by atoms with Gasteiger partial charge in [0.15, 0.2) is 12.1 Å². The molecule has 50 valence electrons. The molecule has 0 aliphatic carbocycles. The lowest BCUT2D eigenvalue weighted by atomic mass is 10.3. The number of aldehydes is 1. The Bertz CT molecular complexity index is 168. The third-order valence-electron chi connectivity index (χ3n) is 0.688. The van der Waals surface area contributed by atoms with Crippen LogP contribution in [0.25, 0.3) is 0 Å². The molecule has 4 nitrogen and oxygen atoms in total. The van der Waals surface area contributed by atoms with Gasteiger partial charge < -0.3 is 10.2 Å². The van der Waals surface area contributed by atoms with Crippen molar-refractivity contribution >= 4 is 12.1 Å². The number of ketones is 1. The van der Waals surface area contributed by atoms with Crippen molar-refractivity contribution in [3.63, 3.8) is 0 Å². The van der Waals surface area contributed by atoms with E-state index in [1.807, 2.05) is 0 Å². The number of aliphatic hydroxyl groups is 2. The summed E-state index contributed by atoms with van der Waals surface area (Å²) >= 11 is 0. The minimum absolute atomic E-state index is 0.00324. The van der Waals surface area contributed by atoms with Crippen LogP contribution in [-0.2, 0) is 9.59 Å². The smallest absolute Gasteiger partial charge is 0.204 e. The zero-order valence-corrected chi connectivity index (χ0v) is 4.79. The van der Waals surface area contributed by atoms with Gasteiger partial charge in [-0.05, 0) is 0 Å². The SMILES string of the molecule is CC(=O)C(O)=C(O)C=O. The third-order valence-corrected chi connectivity index (χ3v) is 0.688. The molecule has 4 heteroatoms. The van der Waals surface area contributed by atoms with Gasteiger partial charge in [-0.1, -0.05) is 0 Å². The zero-order chi connectivity index (χ0) is 7.44. The number of aliphatic hydroxyl groups excluding tert-OH is 2. The molecule has 0 fully saturated rings. The van der Waals surface area contributed by atoms with E-state index in [2.05, 4.69) is 0 Å². The molecule has 0 aromatic rings. The third kappa shape index (κ3) is 1.94. The molecule has 0 amide bonds. The summed E-state index contributed by atoms with van der Waals surface area (Å²) in [5.41, 5.74) is 0. The molecule has 0 aliphatic rings. The number of carbonyl (C=O) groups is 2. The second-order valence-corrected chi connectivity index (χ2v) is 1.41. The standard InChI is InChI=1S/C5H6O4/c1-3(7)5(9)4(8)2-6/h2,8-9H,1H3. The lowest BCUT2D eigenvalue weighted by Gasteiger charge is -1.90. The van der Waals surface area contributed by atoms with Crippen LogP contribution in [0.2, 0.25) is 0 Å². The van der Waals surface area contributed by atoms with E-state index < -0.39 is 17.3 Å². The van der Waals surface area contributed by atoms with E-state index in [0.717, 1.165) is 6.92 Å². The van der Waals surface area contributed by atoms with Crippen molar-refractivity contribution in [1.29, 1.82) is 0 Å². The molecule has 0 aromatic carbocycles. The van der Waals surface area contributed by atoms with Crippen molar-refractivity contribution < 1.29 is 19.8 Å². The first-order valence-corrected chi connectivity index (χ1v) is 2.18. The Labute approximate surface area is 51.4 Å². The highest BCUT2D eigenvalue weighted by Crippen LogP contribution is 1.93. The van der Waals surface area contributed by atoms with Gasteiger partial charge in [0.1, 0.15) is 0 Å². The van der Waals surface area contributed by atoms with Crippen LogP contribution < -0.4 is 0 Å². The maximum atomic E-state index is 10.1. The Morgan fingerprint density at radius 2 is 1.89 bits per heavy atom. The molecular formula is C5H6O4. The Kier molecular flexibility index (Phi) is 2.44. The van der Waals surface area contributed by atoms with Gasteiger partial charge in [-0.2, -0.15) is 0 Å². The van der Waals surface area contributed by atoms with Crippen molar-refractivity contribution in [3.8, 4) is 0 Å². The summed E-state index contributed by atoms with van der Waals surface area (Å²) < 4.78 is 0. The zero-order valence-electron chi connectivity index (χ0n) is 4.79. The van der Waals surface area contributed by atoms with E-state index in [1.54, 1.807) is 0 Å². The Balaban J connectivity index is 4.47. The van der Waals surface area contributed by atoms with Crippen LogP contribution in [0, 0.1) is 0 Å². The number of Topliss-reactive ketones (excluding diaryl/α,β-unsaturated/α-hetero) is 1. The molecule has 0 saturated heterocycles. The number of hydrogen-bond donors (Lipinski definition) is 2. The predicted octanol–water partition coefficient (Wildman–Crippen LogP) is 0.102. The maximum absolute atomic E-state index is 10.1. The fourth-order valence-corrected chi connectivity index (χ4v) is 0.236. The molecule has 2 N–H and O–H groups in total. The van der Waals surface area contributed by atoms with Crippen LogP contribution in [0.3, 0.4) is 0 Å². The van der Waals surface area contributed by atoms with Crippen molar-refractivity contribution in [2.45, 2.75) is 6.92 Å². The van der Waals surface area contributed by atoms with E-state index in [4.69, 9.17) is 10.2 Å². The minimum atomic E-state index is -0.928. The van der Waals surface area contributed by atoms with E-state index in [1.165, 1.54) is 0 Å². The first-order valence-electron chi connectivity index (χ1n) is 2.18. The first-order chi connectivity index (χ1) is 4.09. The Morgan fingerprint density at radius 1 is 1.44 bits per heavy atom. The molecule has 9 heavy (non-hydrogen) atoms. The van der Waals surface area contributed by atoms with Crippen molar-refractivity contribution in [3.05, 3.63) is 11.5 Å². The minimum Gasteiger partial charge on any atom is -0.502 e. The second kappa shape index (κ2) is 2.86. The summed E-state index contributed by atoms with van der Waals surface area (Å²) in [6, 6.07) is 0. The van der Waals surface area contributed by atoms with Gasteiger partial charge in [0.05, 0.1) is 0 Å². The molecule has 0 aromatic heterocycles. The van der Waals surface area contributed by atoms with Crippen molar-refractivity contribution in [1.82, 2.24) is 0 Å². The van der Waals surface area contributed by atoms with Gasteiger partial charge in [-0.3, -0.25) is 9.59 Å². The summed E-state index contributed by atoms with van der Waals surface area (Å²) in [6.07, 6.45) is -0.00324. The highest BCUT2D eigenvalue weighted by atomic mass is 16.3. The van der Waals surface area contributed by atoms with E-state index in [-0.39, 0.29) is 6.29 Å². The van der Waals surface area contributed by atoms with Gasteiger partial charge in [-0.15, -0.1) is 0 Å². The lowest BCUT2D eigenvalue weighted by Crippen LogP contribution is -2.00. The van der Waals surface area contributed by atoms with Crippen molar-refractivity contribution in [2.24, 2.45) is 0 Å². The quantitative estimate of drug-likeness (QED) is 0.316. The molecule has 0 heterocycles. The fourth-order valence-electron chi connectivity index (χ4n) is 0.236. The van der Waals surface area contributed by atoms with E-state index in [9.17, 15) is 9.59 Å². The van der Waals surface area contributed by atoms with Crippen LogP contribution in [0.4, 0.5) is 0 Å². The van der Waals surface area contributed by atoms with Crippen LogP contribution in [-0.4, -0.2) is 22.3 Å². The highest BCUT2D eigenvalue weighted by molar-refractivity contribution is 5.95. The molecule has 0 rings (SSSR count). The van der Waals surface area contributed by atoms with Crippen molar-refractivity contribution in [2.75, 3.05) is 0 Å². The molecule has 0 atom stereocenters. The number of allylic oxidation sites excluding steroid dienone is 2. The summed E-state index contributed by atoms with van der Waals surface area (Å²) in [6.45, 7) is 1.04. The number of rotatable bonds is 2. The maximum Gasteiger partial charge on any atom is 0.204 e. The molecule has 0 unspecified atom stereocenters. The summed E-state index contributed by atoms with van der Waals surface area (Å²) in [7, 11) is 0. The topological polar surface area (TPSA) is 74.6 Å². The molecule has 0 bridgehead atoms. The number of hydrogen-bond acceptors (Lipinski definition) is 4. The average Bonchev–Trinajstić information content (AvgIpc) is 1.84. The molecule has 0 aliphatic heterocycles. The highest BCUT2D eigenvalue weighted by Gasteiger charge is 2.05. The lowest BCUT2D eigenvalue weighted by molar-refractivity contribution is -0.117. The summed E-state index contributed by atoms with van der Waals surface area (Å²) in [5, 5.41) is 16.8. The molecular weight excluding hydrogens is 124 g/mol. The van der Waals surface area contributed by atoms with Gasteiger partial charge in [0, 0.05) is 6.92 Å². The average molecular weight is 130 g/mol. The van der Waals surface area contributed by atoms with Crippen LogP contribution in [0.15, 0.2) is 11.5 Å². The van der Waals surface area contributed by atoms with E-state index >= 15 is 0 Å². The predicted molar refractivity (Wildman–Crippen MR) is 29.0 cm³/mol. The summed E-state index contributed by atoms with van der Waals surface area (Å²) in [5.74, 6) is -2.56. The normalized spacial score (nSPS) is 12.1. The van der Waals surface area contributed by atoms with Gasteiger partial charge >= 0.3 is 0 Å².